The average Bonchev–Trinajstić information content (AvgIpc) is 2.75. The first-order chi connectivity index (χ1) is 16.6. The molecule has 0 aromatic carbocycles. The summed E-state index contributed by atoms with van der Waals surface area (Å²) >= 11 is 0. The van der Waals surface area contributed by atoms with Crippen LogP contribution in [-0.2, 0) is 27.9 Å². The summed E-state index contributed by atoms with van der Waals surface area (Å²) in [5.41, 5.74) is 0. The van der Waals surface area contributed by atoms with Crippen LogP contribution >= 0.6 is 7.82 Å². The summed E-state index contributed by atoms with van der Waals surface area (Å²) in [4.78, 5) is 23.2. The Kier molecular flexibility index (Phi) is 20.1. The number of esters is 1. The second-order valence-electron chi connectivity index (χ2n) is 9.39. The molecule has 0 aromatic rings. The van der Waals surface area contributed by atoms with Gasteiger partial charge in [-0.05, 0) is 38.5 Å². The maximum absolute atomic E-state index is 11.9. The fourth-order valence-corrected chi connectivity index (χ4v) is 3.58. The van der Waals surface area contributed by atoms with Crippen LogP contribution in [0.1, 0.15) is 65.2 Å². The quantitative estimate of drug-likeness (QED) is 0.0659. The second-order valence-corrected chi connectivity index (χ2v) is 10.8. The number of phosphoric ester groups is 1. The van der Waals surface area contributed by atoms with Gasteiger partial charge in [0.25, 0.3) is 7.82 Å². The van der Waals surface area contributed by atoms with Crippen molar-refractivity contribution in [2.24, 2.45) is 0 Å². The molecule has 204 valence electrons. The molecule has 9 heteroatoms. The number of hydrogen-bond donors (Lipinski definition) is 0. The van der Waals surface area contributed by atoms with Gasteiger partial charge in [-0.3, -0.25) is 9.36 Å². The number of likely N-dealkylation sites (N-methyl/N-ethyl adjacent to an activating group) is 1. The number of carbonyl (C=O) groups excluding carboxylic acids is 1. The van der Waals surface area contributed by atoms with Crippen molar-refractivity contribution in [2.45, 2.75) is 71.3 Å². The summed E-state index contributed by atoms with van der Waals surface area (Å²) in [6.07, 6.45) is 20.7. The van der Waals surface area contributed by atoms with Gasteiger partial charge in [0.15, 0.2) is 0 Å². The van der Waals surface area contributed by atoms with E-state index in [9.17, 15) is 14.3 Å². The highest BCUT2D eigenvalue weighted by Gasteiger charge is 2.19. The number of phosphoric acid groups is 1. The molecular formula is C26H48NO7P. The lowest BCUT2D eigenvalue weighted by Gasteiger charge is -2.28. The maximum Gasteiger partial charge on any atom is 0.303 e. The maximum atomic E-state index is 11.9. The van der Waals surface area contributed by atoms with E-state index in [0.29, 0.717) is 17.6 Å². The SMILES string of the molecule is CC/C=C\C/C=C\C/C=C\CCCCCCOCC(COP(=O)([O-])OCC[N+](C)(C)C)OC(C)=O. The van der Waals surface area contributed by atoms with Gasteiger partial charge in [0.1, 0.15) is 19.3 Å². The van der Waals surface area contributed by atoms with Crippen LogP contribution in [0.25, 0.3) is 0 Å². The molecule has 0 amide bonds. The predicted octanol–water partition coefficient (Wildman–Crippen LogP) is 4.95. The Labute approximate surface area is 213 Å². The average molecular weight is 518 g/mol. The van der Waals surface area contributed by atoms with Gasteiger partial charge < -0.3 is 27.9 Å². The molecule has 0 heterocycles. The van der Waals surface area contributed by atoms with Crippen molar-refractivity contribution in [3.63, 3.8) is 0 Å². The number of hydrogen-bond acceptors (Lipinski definition) is 7. The van der Waals surface area contributed by atoms with E-state index in [2.05, 4.69) is 43.4 Å². The fraction of sp³-hybridized carbons (Fsp3) is 0.731. The van der Waals surface area contributed by atoms with Gasteiger partial charge in [0.05, 0.1) is 34.4 Å². The normalized spacial score (nSPS) is 15.3. The number of quaternary nitrogens is 1. The van der Waals surface area contributed by atoms with Crippen molar-refractivity contribution in [3.05, 3.63) is 36.5 Å². The molecule has 0 aromatic heterocycles. The topological polar surface area (TPSA) is 94.1 Å². The number of nitrogens with zero attached hydrogens (tertiary/aromatic N) is 1. The van der Waals surface area contributed by atoms with Crippen molar-refractivity contribution < 1.29 is 37.3 Å². The molecule has 0 aliphatic rings. The molecule has 0 spiro atoms. The highest BCUT2D eigenvalue weighted by Crippen LogP contribution is 2.38. The van der Waals surface area contributed by atoms with Gasteiger partial charge in [-0.15, -0.1) is 0 Å². The lowest BCUT2D eigenvalue weighted by atomic mass is 10.1. The van der Waals surface area contributed by atoms with Gasteiger partial charge in [0, 0.05) is 13.5 Å². The molecule has 0 radical (unpaired) electrons. The Balaban J connectivity index is 3.93. The van der Waals surface area contributed by atoms with Crippen LogP contribution in [0.5, 0.6) is 0 Å². The summed E-state index contributed by atoms with van der Waals surface area (Å²) in [5.74, 6) is -0.522. The molecule has 8 nitrogen and oxygen atoms in total. The zero-order valence-corrected chi connectivity index (χ0v) is 23.4. The van der Waals surface area contributed by atoms with E-state index < -0.39 is 19.9 Å². The van der Waals surface area contributed by atoms with E-state index in [0.717, 1.165) is 51.4 Å². The molecule has 0 bridgehead atoms. The van der Waals surface area contributed by atoms with E-state index in [1.807, 2.05) is 21.1 Å². The van der Waals surface area contributed by atoms with E-state index in [-0.39, 0.29) is 19.8 Å². The lowest BCUT2D eigenvalue weighted by Crippen LogP contribution is -2.37. The van der Waals surface area contributed by atoms with Crippen molar-refractivity contribution in [1.29, 1.82) is 0 Å². The van der Waals surface area contributed by atoms with Crippen LogP contribution in [0.4, 0.5) is 0 Å². The number of unbranched alkanes of at least 4 members (excludes halogenated alkanes) is 4. The van der Waals surface area contributed by atoms with Crippen LogP contribution in [-0.4, -0.2) is 70.7 Å². The molecule has 0 saturated heterocycles. The number of allylic oxidation sites excluding steroid dienone is 6. The molecule has 35 heavy (non-hydrogen) atoms. The minimum absolute atomic E-state index is 0.0167. The molecule has 0 rings (SSSR count). The molecule has 0 saturated carbocycles. The Bertz CT molecular complexity index is 671. The Morgan fingerprint density at radius 1 is 0.886 bits per heavy atom. The molecule has 2 atom stereocenters. The minimum Gasteiger partial charge on any atom is -0.756 e. The van der Waals surface area contributed by atoms with Gasteiger partial charge in [-0.2, -0.15) is 0 Å². The van der Waals surface area contributed by atoms with Crippen molar-refractivity contribution >= 4 is 13.8 Å². The first kappa shape index (κ1) is 33.7. The molecule has 0 fully saturated rings. The summed E-state index contributed by atoms with van der Waals surface area (Å²) in [5, 5.41) is 0. The third-order valence-corrected chi connectivity index (χ3v) is 5.72. The largest absolute Gasteiger partial charge is 0.756 e. The molecule has 0 N–H and O–H groups in total. The highest BCUT2D eigenvalue weighted by atomic mass is 31.2. The zero-order chi connectivity index (χ0) is 26.4. The molecule has 2 unspecified atom stereocenters. The summed E-state index contributed by atoms with van der Waals surface area (Å²) in [7, 11) is 1.32. The molecule has 0 aliphatic heterocycles. The van der Waals surface area contributed by atoms with E-state index in [4.69, 9.17) is 18.5 Å². The van der Waals surface area contributed by atoms with Crippen molar-refractivity contribution in [3.8, 4) is 0 Å². The van der Waals surface area contributed by atoms with Crippen LogP contribution in [0.3, 0.4) is 0 Å². The van der Waals surface area contributed by atoms with E-state index in [1.54, 1.807) is 0 Å². The third-order valence-electron chi connectivity index (χ3n) is 4.76. The standard InChI is InChI=1S/C26H48NO7P/c1-6-7-8-9-10-11-12-13-14-15-16-17-18-19-21-31-23-26(34-25(2)28)24-33-35(29,30)32-22-20-27(3,4)5/h7-8,10-11,13-14,26H,6,9,12,15-24H2,1-5H3/b8-7-,11-10-,14-13-. The van der Waals surface area contributed by atoms with Crippen LogP contribution < -0.4 is 4.89 Å². The first-order valence-electron chi connectivity index (χ1n) is 12.7. The summed E-state index contributed by atoms with van der Waals surface area (Å²) in [6, 6.07) is 0. The summed E-state index contributed by atoms with van der Waals surface area (Å²) < 4.78 is 32.9. The number of carbonyl (C=O) groups is 1. The van der Waals surface area contributed by atoms with Gasteiger partial charge >= 0.3 is 5.97 Å². The second kappa shape index (κ2) is 20.9. The summed E-state index contributed by atoms with van der Waals surface area (Å²) in [6.45, 7) is 4.18. The Hall–Kier alpha value is -1.28. The first-order valence-corrected chi connectivity index (χ1v) is 14.1. The fourth-order valence-electron chi connectivity index (χ4n) is 2.85. The van der Waals surface area contributed by atoms with Crippen molar-refractivity contribution in [1.82, 2.24) is 0 Å². The van der Waals surface area contributed by atoms with Crippen LogP contribution in [0, 0.1) is 0 Å². The highest BCUT2D eigenvalue weighted by molar-refractivity contribution is 7.45. The van der Waals surface area contributed by atoms with Gasteiger partial charge in [-0.1, -0.05) is 56.2 Å². The van der Waals surface area contributed by atoms with E-state index >= 15 is 0 Å². The molecule has 0 aliphatic carbocycles. The van der Waals surface area contributed by atoms with Crippen LogP contribution in [0.2, 0.25) is 0 Å². The zero-order valence-electron chi connectivity index (χ0n) is 22.5. The predicted molar refractivity (Wildman–Crippen MR) is 139 cm³/mol. The number of ether oxygens (including phenoxy) is 2. The van der Waals surface area contributed by atoms with Crippen LogP contribution in [0.15, 0.2) is 36.5 Å². The van der Waals surface area contributed by atoms with Crippen molar-refractivity contribution in [2.75, 3.05) is 54.1 Å². The van der Waals surface area contributed by atoms with E-state index in [1.165, 1.54) is 6.92 Å². The van der Waals surface area contributed by atoms with Gasteiger partial charge in [-0.25, -0.2) is 0 Å². The Morgan fingerprint density at radius 3 is 2.14 bits per heavy atom. The minimum atomic E-state index is -4.47. The Morgan fingerprint density at radius 2 is 1.51 bits per heavy atom. The third kappa shape index (κ3) is 25.6. The lowest BCUT2D eigenvalue weighted by molar-refractivity contribution is -0.870. The smallest absolute Gasteiger partial charge is 0.303 e. The number of rotatable bonds is 22. The molecular weight excluding hydrogens is 469 g/mol. The monoisotopic (exact) mass is 517 g/mol. The van der Waals surface area contributed by atoms with Gasteiger partial charge in [0.2, 0.25) is 0 Å².